The monoisotopic (exact) mass is 342 g/mol. The standard InChI is InChI=1S/C21H30N2O2/c1-24-20-2-3-21-19(13-20)12-16(15-25-21)14-23-10-6-18(7-11-23)17-4-8-22-9-5-17/h2-3,12-13,17-18,22H,4-11,14-15H2,1H3. The molecule has 1 aromatic rings. The van der Waals surface area contributed by atoms with Crippen LogP contribution in [0, 0.1) is 11.8 Å². The van der Waals surface area contributed by atoms with Crippen LogP contribution < -0.4 is 14.8 Å². The lowest BCUT2D eigenvalue weighted by Gasteiger charge is -2.38. The normalized spacial score (nSPS) is 22.8. The van der Waals surface area contributed by atoms with Gasteiger partial charge in [-0.05, 0) is 93.5 Å². The third-order valence-corrected chi connectivity index (χ3v) is 6.10. The van der Waals surface area contributed by atoms with Crippen LogP contribution in [-0.4, -0.2) is 51.3 Å². The largest absolute Gasteiger partial charge is 0.497 e. The first kappa shape index (κ1) is 16.9. The van der Waals surface area contributed by atoms with E-state index in [0.29, 0.717) is 6.61 Å². The minimum Gasteiger partial charge on any atom is -0.497 e. The molecular weight excluding hydrogens is 312 g/mol. The van der Waals surface area contributed by atoms with E-state index in [0.717, 1.165) is 35.4 Å². The molecule has 0 bridgehead atoms. The lowest BCUT2D eigenvalue weighted by atomic mass is 9.79. The first-order chi connectivity index (χ1) is 12.3. The van der Waals surface area contributed by atoms with E-state index in [1.807, 2.05) is 12.1 Å². The molecule has 0 aromatic heterocycles. The van der Waals surface area contributed by atoms with Gasteiger partial charge in [0, 0.05) is 12.1 Å². The number of hydrogen-bond donors (Lipinski definition) is 1. The van der Waals surface area contributed by atoms with Crippen LogP contribution in [0.25, 0.3) is 6.08 Å². The zero-order valence-corrected chi connectivity index (χ0v) is 15.3. The van der Waals surface area contributed by atoms with E-state index in [2.05, 4.69) is 22.4 Å². The third-order valence-electron chi connectivity index (χ3n) is 6.10. The van der Waals surface area contributed by atoms with Gasteiger partial charge in [-0.2, -0.15) is 0 Å². The summed E-state index contributed by atoms with van der Waals surface area (Å²) < 4.78 is 11.3. The molecule has 25 heavy (non-hydrogen) atoms. The minimum absolute atomic E-state index is 0.716. The number of ether oxygens (including phenoxy) is 2. The lowest BCUT2D eigenvalue weighted by Crippen LogP contribution is -2.40. The molecule has 0 unspecified atom stereocenters. The van der Waals surface area contributed by atoms with Crippen molar-refractivity contribution in [1.29, 1.82) is 0 Å². The molecule has 3 aliphatic heterocycles. The second-order valence-corrected chi connectivity index (χ2v) is 7.70. The number of fused-ring (bicyclic) bond motifs is 1. The van der Waals surface area contributed by atoms with E-state index in [4.69, 9.17) is 9.47 Å². The van der Waals surface area contributed by atoms with Crippen molar-refractivity contribution >= 4 is 6.08 Å². The summed E-state index contributed by atoms with van der Waals surface area (Å²) in [6.45, 7) is 6.66. The molecule has 0 amide bonds. The summed E-state index contributed by atoms with van der Waals surface area (Å²) in [5, 5.41) is 3.49. The zero-order valence-electron chi connectivity index (χ0n) is 15.3. The summed E-state index contributed by atoms with van der Waals surface area (Å²) in [6, 6.07) is 6.03. The van der Waals surface area contributed by atoms with E-state index >= 15 is 0 Å². The molecule has 0 atom stereocenters. The smallest absolute Gasteiger partial charge is 0.127 e. The van der Waals surface area contributed by atoms with Crippen molar-refractivity contribution in [2.24, 2.45) is 11.8 Å². The Balaban J connectivity index is 1.33. The van der Waals surface area contributed by atoms with Crippen LogP contribution in [0.2, 0.25) is 0 Å². The molecular formula is C21H30N2O2. The number of nitrogens with zero attached hydrogens (tertiary/aromatic N) is 1. The van der Waals surface area contributed by atoms with Crippen LogP contribution in [0.15, 0.2) is 23.8 Å². The van der Waals surface area contributed by atoms with Crippen LogP contribution in [-0.2, 0) is 0 Å². The van der Waals surface area contributed by atoms with Gasteiger partial charge >= 0.3 is 0 Å². The van der Waals surface area contributed by atoms with Crippen molar-refractivity contribution in [3.8, 4) is 11.5 Å². The Morgan fingerprint density at radius 2 is 1.88 bits per heavy atom. The van der Waals surface area contributed by atoms with Gasteiger partial charge in [0.2, 0.25) is 0 Å². The maximum atomic E-state index is 5.94. The Kier molecular flexibility index (Phi) is 5.28. The number of benzene rings is 1. The Morgan fingerprint density at radius 1 is 1.12 bits per heavy atom. The molecule has 0 aliphatic carbocycles. The molecule has 1 aromatic carbocycles. The molecule has 4 nitrogen and oxygen atoms in total. The average molecular weight is 342 g/mol. The fourth-order valence-corrected chi connectivity index (χ4v) is 4.61. The van der Waals surface area contributed by atoms with Crippen molar-refractivity contribution in [3.05, 3.63) is 29.3 Å². The Labute approximate surface area is 151 Å². The van der Waals surface area contributed by atoms with Gasteiger partial charge < -0.3 is 14.8 Å². The summed E-state index contributed by atoms with van der Waals surface area (Å²) >= 11 is 0. The second-order valence-electron chi connectivity index (χ2n) is 7.70. The number of rotatable bonds is 4. The van der Waals surface area contributed by atoms with E-state index < -0.39 is 0 Å². The van der Waals surface area contributed by atoms with Crippen LogP contribution >= 0.6 is 0 Å². The number of likely N-dealkylation sites (tertiary alicyclic amines) is 1. The maximum absolute atomic E-state index is 5.94. The second kappa shape index (κ2) is 7.79. The molecule has 3 aliphatic rings. The number of methoxy groups -OCH3 is 1. The first-order valence-corrected chi connectivity index (χ1v) is 9.75. The molecule has 2 saturated heterocycles. The van der Waals surface area contributed by atoms with Gasteiger partial charge in [0.25, 0.3) is 0 Å². The topological polar surface area (TPSA) is 33.7 Å². The van der Waals surface area contributed by atoms with E-state index in [1.54, 1.807) is 7.11 Å². The molecule has 3 heterocycles. The van der Waals surface area contributed by atoms with Gasteiger partial charge in [0.15, 0.2) is 0 Å². The highest BCUT2D eigenvalue weighted by Gasteiger charge is 2.28. The zero-order chi connectivity index (χ0) is 17.1. The number of hydrogen-bond acceptors (Lipinski definition) is 4. The molecule has 136 valence electrons. The maximum Gasteiger partial charge on any atom is 0.127 e. The van der Waals surface area contributed by atoms with Gasteiger partial charge in [-0.3, -0.25) is 4.90 Å². The predicted molar refractivity (Wildman–Crippen MR) is 101 cm³/mol. The van der Waals surface area contributed by atoms with Gasteiger partial charge in [0.05, 0.1) is 7.11 Å². The fraction of sp³-hybridized carbons (Fsp3) is 0.619. The summed E-state index contributed by atoms with van der Waals surface area (Å²) in [5.41, 5.74) is 2.52. The lowest BCUT2D eigenvalue weighted by molar-refractivity contribution is 0.135. The first-order valence-electron chi connectivity index (χ1n) is 9.75. The van der Waals surface area contributed by atoms with Gasteiger partial charge in [-0.1, -0.05) is 0 Å². The van der Waals surface area contributed by atoms with E-state index in [-0.39, 0.29) is 0 Å². The van der Waals surface area contributed by atoms with Gasteiger partial charge in [-0.25, -0.2) is 0 Å². The van der Waals surface area contributed by atoms with Crippen molar-refractivity contribution in [2.45, 2.75) is 25.7 Å². The van der Waals surface area contributed by atoms with Crippen molar-refractivity contribution in [1.82, 2.24) is 10.2 Å². The van der Waals surface area contributed by atoms with Crippen LogP contribution in [0.3, 0.4) is 0 Å². The summed E-state index contributed by atoms with van der Waals surface area (Å²) in [6.07, 6.45) is 7.78. The average Bonchev–Trinajstić information content (AvgIpc) is 2.68. The quantitative estimate of drug-likeness (QED) is 0.911. The molecule has 1 N–H and O–H groups in total. The Morgan fingerprint density at radius 3 is 2.64 bits per heavy atom. The predicted octanol–water partition coefficient (Wildman–Crippen LogP) is 3.18. The molecule has 4 rings (SSSR count). The highest BCUT2D eigenvalue weighted by Crippen LogP contribution is 2.33. The molecule has 0 radical (unpaired) electrons. The summed E-state index contributed by atoms with van der Waals surface area (Å²) in [4.78, 5) is 2.61. The molecule has 4 heteroatoms. The number of nitrogens with one attached hydrogen (secondary N) is 1. The number of piperidine rings is 2. The molecule has 0 saturated carbocycles. The Hall–Kier alpha value is -1.52. The molecule has 2 fully saturated rings. The minimum atomic E-state index is 0.716. The van der Waals surface area contributed by atoms with Crippen molar-refractivity contribution in [2.75, 3.05) is 46.4 Å². The van der Waals surface area contributed by atoms with Crippen molar-refractivity contribution < 1.29 is 9.47 Å². The third kappa shape index (κ3) is 4.01. The van der Waals surface area contributed by atoms with Crippen LogP contribution in [0.1, 0.15) is 31.2 Å². The van der Waals surface area contributed by atoms with Gasteiger partial charge in [-0.15, -0.1) is 0 Å². The van der Waals surface area contributed by atoms with Crippen LogP contribution in [0.4, 0.5) is 0 Å². The van der Waals surface area contributed by atoms with Crippen LogP contribution in [0.5, 0.6) is 11.5 Å². The SMILES string of the molecule is COc1ccc2c(c1)C=C(CN1CCC(C3CCNCC3)CC1)CO2. The molecule has 0 spiro atoms. The van der Waals surface area contributed by atoms with Crippen molar-refractivity contribution in [3.63, 3.8) is 0 Å². The van der Waals surface area contributed by atoms with Gasteiger partial charge in [0.1, 0.15) is 18.1 Å². The van der Waals surface area contributed by atoms with E-state index in [9.17, 15) is 0 Å². The summed E-state index contributed by atoms with van der Waals surface area (Å²) in [5.74, 6) is 3.76. The highest BCUT2D eigenvalue weighted by atomic mass is 16.5. The fourth-order valence-electron chi connectivity index (χ4n) is 4.61. The van der Waals surface area contributed by atoms with E-state index in [1.165, 1.54) is 57.4 Å². The summed E-state index contributed by atoms with van der Waals surface area (Å²) in [7, 11) is 1.71. The Bertz CT molecular complexity index is 614. The highest BCUT2D eigenvalue weighted by molar-refractivity contribution is 5.64.